The highest BCUT2D eigenvalue weighted by Gasteiger charge is 2.26. The molecule has 1 atom stereocenters. The van der Waals surface area contributed by atoms with E-state index < -0.39 is 5.95 Å². The summed E-state index contributed by atoms with van der Waals surface area (Å²) in [7, 11) is 3.98. The molecule has 3 aromatic heterocycles. The van der Waals surface area contributed by atoms with E-state index in [2.05, 4.69) is 35.8 Å². The van der Waals surface area contributed by atoms with E-state index in [1.54, 1.807) is 0 Å². The molecule has 8 nitrogen and oxygen atoms in total. The van der Waals surface area contributed by atoms with Crippen LogP contribution in [0.3, 0.4) is 0 Å². The van der Waals surface area contributed by atoms with Crippen LogP contribution in [0.5, 0.6) is 0 Å². The van der Waals surface area contributed by atoms with E-state index in [4.69, 9.17) is 0 Å². The number of amides is 1. The third kappa shape index (κ3) is 3.75. The molecule has 158 valence electrons. The normalized spacial score (nSPS) is 16.1. The van der Waals surface area contributed by atoms with Crippen molar-refractivity contribution < 1.29 is 9.18 Å². The highest BCUT2D eigenvalue weighted by Crippen LogP contribution is 2.41. The fraction of sp³-hybridized carbons (Fsp3) is 0.238. The number of likely N-dealkylation sites (N-methyl/N-ethyl adjacent to an activating group) is 1. The lowest BCUT2D eigenvalue weighted by Gasteiger charge is -2.20. The molecule has 0 unspecified atom stereocenters. The van der Waals surface area contributed by atoms with Crippen molar-refractivity contribution in [2.24, 2.45) is 0 Å². The number of anilines is 3. The Kier molecular flexibility index (Phi) is 4.87. The van der Waals surface area contributed by atoms with Gasteiger partial charge in [0.15, 0.2) is 0 Å². The summed E-state index contributed by atoms with van der Waals surface area (Å²) in [5.74, 6) is 0.203. The van der Waals surface area contributed by atoms with Crippen LogP contribution in [0.2, 0.25) is 0 Å². The zero-order valence-electron chi connectivity index (χ0n) is 16.9. The lowest BCUT2D eigenvalue weighted by atomic mass is 10.1. The molecule has 0 saturated heterocycles. The van der Waals surface area contributed by atoms with Gasteiger partial charge in [-0.2, -0.15) is 4.39 Å². The number of pyridine rings is 1. The number of rotatable bonds is 4. The zero-order valence-corrected chi connectivity index (χ0v) is 17.8. The lowest BCUT2D eigenvalue weighted by molar-refractivity contribution is 0.0940. The largest absolute Gasteiger partial charge is 0.381 e. The maximum Gasteiger partial charge on any atom is 0.263 e. The van der Waals surface area contributed by atoms with Crippen LogP contribution in [0.25, 0.3) is 21.0 Å². The molecule has 0 aliphatic carbocycles. The molecule has 1 aliphatic rings. The molecule has 1 aliphatic heterocycles. The van der Waals surface area contributed by atoms with Crippen LogP contribution in [0.4, 0.5) is 21.7 Å². The number of hydrogen-bond acceptors (Lipinski definition) is 8. The van der Waals surface area contributed by atoms with Gasteiger partial charge in [-0.3, -0.25) is 4.79 Å². The maximum atomic E-state index is 13.3. The minimum Gasteiger partial charge on any atom is -0.381 e. The van der Waals surface area contributed by atoms with Crippen LogP contribution < -0.4 is 16.0 Å². The van der Waals surface area contributed by atoms with Crippen LogP contribution in [-0.2, 0) is 0 Å². The predicted molar refractivity (Wildman–Crippen MR) is 121 cm³/mol. The number of fused-ring (bicyclic) bond motifs is 5. The van der Waals surface area contributed by atoms with Gasteiger partial charge in [0.1, 0.15) is 22.8 Å². The van der Waals surface area contributed by atoms with Crippen molar-refractivity contribution in [2.45, 2.75) is 6.04 Å². The first-order valence-electron chi connectivity index (χ1n) is 9.78. The molecule has 1 amide bonds. The molecule has 0 bridgehead atoms. The molecule has 0 fully saturated rings. The Morgan fingerprint density at radius 2 is 2.10 bits per heavy atom. The number of aromatic nitrogens is 3. The summed E-state index contributed by atoms with van der Waals surface area (Å²) in [6.07, 6.45) is 1.16. The molecule has 10 heteroatoms. The van der Waals surface area contributed by atoms with Crippen LogP contribution >= 0.6 is 11.3 Å². The Morgan fingerprint density at radius 3 is 2.90 bits per heavy atom. The van der Waals surface area contributed by atoms with Gasteiger partial charge in [-0.25, -0.2) is 15.0 Å². The van der Waals surface area contributed by atoms with Crippen LogP contribution in [-0.4, -0.2) is 59.0 Å². The van der Waals surface area contributed by atoms with Crippen molar-refractivity contribution >= 4 is 55.6 Å². The number of thiophene rings is 1. The second-order valence-electron chi connectivity index (χ2n) is 7.67. The molecule has 0 saturated carbocycles. The van der Waals surface area contributed by atoms with Gasteiger partial charge in [-0.1, -0.05) is 0 Å². The average Bonchev–Trinajstić information content (AvgIpc) is 3.03. The van der Waals surface area contributed by atoms with E-state index in [1.165, 1.54) is 17.4 Å². The number of halogens is 1. The van der Waals surface area contributed by atoms with E-state index >= 15 is 0 Å². The van der Waals surface area contributed by atoms with Crippen molar-refractivity contribution in [3.63, 3.8) is 0 Å². The van der Waals surface area contributed by atoms with Crippen molar-refractivity contribution in [1.82, 2.24) is 25.2 Å². The number of carbonyl (C=O) groups excluding carboxylic acids is 1. The quantitative estimate of drug-likeness (QED) is 0.422. The average molecular weight is 438 g/mol. The van der Waals surface area contributed by atoms with Gasteiger partial charge in [0.25, 0.3) is 5.91 Å². The Bertz CT molecular complexity index is 1310. The van der Waals surface area contributed by atoms with Gasteiger partial charge < -0.3 is 20.9 Å². The first kappa shape index (κ1) is 19.6. The van der Waals surface area contributed by atoms with E-state index in [0.717, 1.165) is 39.5 Å². The SMILES string of the molecule is CN(C)C[C@H]1CNc2c(sc3ccc4nc(Nc5cc(F)ncn5)ccc4c23)C(=O)N1. The summed E-state index contributed by atoms with van der Waals surface area (Å²) < 4.78 is 14.4. The zero-order chi connectivity index (χ0) is 21.5. The maximum absolute atomic E-state index is 13.3. The molecular formula is C21H20FN7OS. The third-order valence-electron chi connectivity index (χ3n) is 5.06. The molecule has 3 N–H and O–H groups in total. The third-order valence-corrected chi connectivity index (χ3v) is 6.22. The predicted octanol–water partition coefficient (Wildman–Crippen LogP) is 3.21. The van der Waals surface area contributed by atoms with Crippen molar-refractivity contribution in [1.29, 1.82) is 0 Å². The highest BCUT2D eigenvalue weighted by molar-refractivity contribution is 7.21. The second-order valence-corrected chi connectivity index (χ2v) is 8.72. The standard InChI is InChI=1S/C21H20FN7OS/c1-29(2)9-11-8-23-19-18-12-3-6-16(28-17-7-15(22)24-10-25-17)27-13(12)4-5-14(18)31-20(19)21(30)26-11/h3-7,10-11,23H,8-9H2,1-2H3,(H,26,30)(H,24,25,27,28)/t11-/m1/s1. The Labute approximate surface area is 181 Å². The van der Waals surface area contributed by atoms with Crippen LogP contribution in [0, 0.1) is 5.95 Å². The summed E-state index contributed by atoms with van der Waals surface area (Å²) in [5, 5.41) is 11.5. The van der Waals surface area contributed by atoms with Gasteiger partial charge in [-0.15, -0.1) is 11.3 Å². The number of nitrogens with one attached hydrogen (secondary N) is 3. The molecule has 1 aromatic carbocycles. The van der Waals surface area contributed by atoms with Crippen molar-refractivity contribution in [3.8, 4) is 0 Å². The van der Waals surface area contributed by atoms with Gasteiger partial charge in [0, 0.05) is 34.6 Å². The molecular weight excluding hydrogens is 417 g/mol. The molecule has 31 heavy (non-hydrogen) atoms. The van der Waals surface area contributed by atoms with Crippen molar-refractivity contribution in [2.75, 3.05) is 37.8 Å². The second kappa shape index (κ2) is 7.71. The topological polar surface area (TPSA) is 95.1 Å². The van der Waals surface area contributed by atoms with Gasteiger partial charge in [0.2, 0.25) is 5.95 Å². The monoisotopic (exact) mass is 437 g/mol. The van der Waals surface area contributed by atoms with E-state index in [-0.39, 0.29) is 11.9 Å². The Balaban J connectivity index is 1.54. The lowest BCUT2D eigenvalue weighted by Crippen LogP contribution is -2.43. The fourth-order valence-electron chi connectivity index (χ4n) is 3.81. The van der Waals surface area contributed by atoms with Crippen LogP contribution in [0.1, 0.15) is 9.67 Å². The smallest absolute Gasteiger partial charge is 0.263 e. The molecule has 4 heterocycles. The summed E-state index contributed by atoms with van der Waals surface area (Å²) in [5.41, 5.74) is 1.62. The highest BCUT2D eigenvalue weighted by atomic mass is 32.1. The summed E-state index contributed by atoms with van der Waals surface area (Å²) in [4.78, 5) is 27.7. The number of hydrogen-bond donors (Lipinski definition) is 3. The fourth-order valence-corrected chi connectivity index (χ4v) is 4.91. The van der Waals surface area contributed by atoms with Gasteiger partial charge in [0.05, 0.1) is 17.2 Å². The van der Waals surface area contributed by atoms with Gasteiger partial charge >= 0.3 is 0 Å². The molecule has 0 radical (unpaired) electrons. The van der Waals surface area contributed by atoms with E-state index in [0.29, 0.717) is 23.1 Å². The van der Waals surface area contributed by atoms with E-state index in [1.807, 2.05) is 38.4 Å². The Hall–Kier alpha value is -3.37. The van der Waals surface area contributed by atoms with Crippen molar-refractivity contribution in [3.05, 3.63) is 47.5 Å². The molecule has 5 rings (SSSR count). The van der Waals surface area contributed by atoms with Crippen LogP contribution in [0.15, 0.2) is 36.7 Å². The minimum atomic E-state index is -0.613. The minimum absolute atomic E-state index is 0.0225. The summed E-state index contributed by atoms with van der Waals surface area (Å²) >= 11 is 1.48. The molecule has 0 spiro atoms. The number of benzene rings is 1. The summed E-state index contributed by atoms with van der Waals surface area (Å²) in [6, 6.07) is 8.91. The van der Waals surface area contributed by atoms with Gasteiger partial charge in [-0.05, 0) is 38.4 Å². The number of carbonyl (C=O) groups is 1. The molecule has 4 aromatic rings. The summed E-state index contributed by atoms with van der Waals surface area (Å²) in [6.45, 7) is 1.40. The Morgan fingerprint density at radius 1 is 1.23 bits per heavy atom. The van der Waals surface area contributed by atoms with E-state index in [9.17, 15) is 9.18 Å². The first-order valence-corrected chi connectivity index (χ1v) is 10.6. The number of nitrogens with zero attached hydrogens (tertiary/aromatic N) is 4. The first-order chi connectivity index (χ1) is 15.0.